The molecule has 10 nitrogen and oxygen atoms in total. The molecule has 12 heteroatoms. The molecule has 0 saturated carbocycles. The fraction of sp³-hybridized carbons (Fsp3) is 0.500. The first kappa shape index (κ1) is 22.3. The standard InChI is InChI=1S/C10H14N2.C8H10ClN5O3S/c1-12-7-3-5-10(12)9-4-2-6-11-8-9;1-12-4-17-5-13(8(12)11-14(15)16)3-6-2-10-7(9)18-6/h2,4,6,8,10H,3,5,7H2,1H3;2H,3-5H2,1H3. The van der Waals surface area contributed by atoms with Crippen molar-refractivity contribution in [2.45, 2.75) is 25.4 Å². The Hall–Kier alpha value is -2.34. The van der Waals surface area contributed by atoms with Crippen molar-refractivity contribution in [2.24, 2.45) is 5.10 Å². The van der Waals surface area contributed by atoms with E-state index in [0.717, 1.165) is 4.88 Å². The van der Waals surface area contributed by atoms with Crippen LogP contribution in [0.3, 0.4) is 0 Å². The minimum Gasteiger partial charge on any atom is -0.341 e. The first-order valence-corrected chi connectivity index (χ1v) is 10.6. The maximum Gasteiger partial charge on any atom is 0.277 e. The Kier molecular flexibility index (Phi) is 7.91. The number of hydrazone groups is 1. The summed E-state index contributed by atoms with van der Waals surface area (Å²) in [4.78, 5) is 25.1. The molecule has 2 aromatic heterocycles. The number of likely N-dealkylation sites (tertiary alicyclic amines) is 1. The van der Waals surface area contributed by atoms with E-state index < -0.39 is 5.03 Å². The van der Waals surface area contributed by atoms with Crippen molar-refractivity contribution < 1.29 is 9.77 Å². The van der Waals surface area contributed by atoms with Crippen molar-refractivity contribution in [3.8, 4) is 0 Å². The van der Waals surface area contributed by atoms with Crippen LogP contribution in [0.25, 0.3) is 0 Å². The molecule has 0 amide bonds. The highest BCUT2D eigenvalue weighted by Crippen LogP contribution is 2.29. The molecular formula is C18H24ClN7O3S. The van der Waals surface area contributed by atoms with Crippen LogP contribution in [0.1, 0.15) is 29.3 Å². The van der Waals surface area contributed by atoms with Crippen molar-refractivity contribution in [1.29, 1.82) is 0 Å². The first-order chi connectivity index (χ1) is 14.4. The molecule has 2 saturated heterocycles. The lowest BCUT2D eigenvalue weighted by molar-refractivity contribution is -0.486. The molecule has 0 aliphatic carbocycles. The van der Waals surface area contributed by atoms with Gasteiger partial charge in [0.05, 0.1) is 6.54 Å². The molecule has 30 heavy (non-hydrogen) atoms. The maximum absolute atomic E-state index is 10.5. The average molecular weight is 454 g/mol. The molecule has 0 radical (unpaired) electrons. The molecule has 0 aromatic carbocycles. The quantitative estimate of drug-likeness (QED) is 0.514. The summed E-state index contributed by atoms with van der Waals surface area (Å²) in [6.07, 6.45) is 8.04. The lowest BCUT2D eigenvalue weighted by atomic mass is 10.1. The van der Waals surface area contributed by atoms with Gasteiger partial charge in [-0.25, -0.2) is 15.1 Å². The third kappa shape index (κ3) is 6.08. The summed E-state index contributed by atoms with van der Waals surface area (Å²) in [5.74, 6) is 0.260. The average Bonchev–Trinajstić information content (AvgIpc) is 3.33. The van der Waals surface area contributed by atoms with E-state index in [2.05, 4.69) is 33.1 Å². The number of thiazole rings is 1. The van der Waals surface area contributed by atoms with Crippen molar-refractivity contribution in [3.63, 3.8) is 0 Å². The Morgan fingerprint density at radius 1 is 1.40 bits per heavy atom. The zero-order chi connectivity index (χ0) is 21.5. The van der Waals surface area contributed by atoms with Gasteiger partial charge in [-0.15, -0.1) is 11.3 Å². The number of ether oxygens (including phenoxy) is 1. The van der Waals surface area contributed by atoms with Crippen LogP contribution in [0, 0.1) is 10.1 Å². The molecular weight excluding hydrogens is 430 g/mol. The van der Waals surface area contributed by atoms with Crippen LogP contribution in [0.4, 0.5) is 0 Å². The van der Waals surface area contributed by atoms with Gasteiger partial charge in [0, 0.05) is 36.6 Å². The van der Waals surface area contributed by atoms with Gasteiger partial charge in [0.15, 0.2) is 9.50 Å². The maximum atomic E-state index is 10.5. The SMILES string of the molecule is CN1CCCC1c1cccnc1.CN1COCN(Cc2cnc(Cl)s2)C1=N[N+](=O)[O-]. The Bertz CT molecular complexity index is 866. The topological polar surface area (TPSA) is 100 Å². The molecule has 0 spiro atoms. The summed E-state index contributed by atoms with van der Waals surface area (Å²) in [6, 6.07) is 4.79. The Morgan fingerprint density at radius 3 is 2.83 bits per heavy atom. The summed E-state index contributed by atoms with van der Waals surface area (Å²) in [6.45, 7) is 2.15. The van der Waals surface area contributed by atoms with Crippen LogP contribution >= 0.6 is 22.9 Å². The van der Waals surface area contributed by atoms with E-state index in [4.69, 9.17) is 16.3 Å². The van der Waals surface area contributed by atoms with E-state index in [1.54, 1.807) is 23.0 Å². The number of hydrogen-bond donors (Lipinski definition) is 0. The normalized spacial score (nSPS) is 20.9. The minimum atomic E-state index is -0.718. The van der Waals surface area contributed by atoms with Crippen molar-refractivity contribution in [1.82, 2.24) is 24.7 Å². The molecule has 2 aromatic rings. The lowest BCUT2D eigenvalue weighted by Gasteiger charge is -2.34. The predicted octanol–water partition coefficient (Wildman–Crippen LogP) is 2.87. The molecule has 4 heterocycles. The number of hydrogen-bond acceptors (Lipinski definition) is 7. The number of pyridine rings is 1. The number of halogens is 1. The summed E-state index contributed by atoms with van der Waals surface area (Å²) in [7, 11) is 3.86. The highest BCUT2D eigenvalue weighted by atomic mass is 35.5. The second-order valence-electron chi connectivity index (χ2n) is 7.00. The molecule has 162 valence electrons. The van der Waals surface area contributed by atoms with E-state index in [0.29, 0.717) is 17.1 Å². The predicted molar refractivity (Wildman–Crippen MR) is 115 cm³/mol. The molecule has 1 atom stereocenters. The summed E-state index contributed by atoms with van der Waals surface area (Å²) >= 11 is 7.05. The van der Waals surface area contributed by atoms with Gasteiger partial charge in [0.2, 0.25) is 0 Å². The van der Waals surface area contributed by atoms with Crippen molar-refractivity contribution >= 4 is 28.9 Å². The molecule has 2 fully saturated rings. The highest BCUT2D eigenvalue weighted by Gasteiger charge is 2.25. The van der Waals surface area contributed by atoms with Gasteiger partial charge in [-0.2, -0.15) is 0 Å². The molecule has 0 N–H and O–H groups in total. The second-order valence-corrected chi connectivity index (χ2v) is 8.70. The first-order valence-electron chi connectivity index (χ1n) is 9.41. The van der Waals surface area contributed by atoms with Crippen LogP contribution in [-0.2, 0) is 11.3 Å². The number of nitrogens with zero attached hydrogens (tertiary/aromatic N) is 7. The third-order valence-electron chi connectivity index (χ3n) is 4.79. The van der Waals surface area contributed by atoms with Crippen LogP contribution in [0.5, 0.6) is 0 Å². The molecule has 2 aliphatic rings. The Labute approximate surface area is 183 Å². The van der Waals surface area contributed by atoms with E-state index in [9.17, 15) is 10.1 Å². The Balaban J connectivity index is 0.000000184. The van der Waals surface area contributed by atoms with Gasteiger partial charge in [-0.05, 0) is 38.1 Å². The molecule has 4 rings (SSSR count). The van der Waals surface area contributed by atoms with E-state index >= 15 is 0 Å². The van der Waals surface area contributed by atoms with Gasteiger partial charge >= 0.3 is 0 Å². The fourth-order valence-electron chi connectivity index (χ4n) is 3.42. The fourth-order valence-corrected chi connectivity index (χ4v) is 4.42. The molecule has 1 unspecified atom stereocenters. The monoisotopic (exact) mass is 453 g/mol. The zero-order valence-corrected chi connectivity index (χ0v) is 18.4. The summed E-state index contributed by atoms with van der Waals surface area (Å²) < 4.78 is 5.72. The zero-order valence-electron chi connectivity index (χ0n) is 16.8. The second kappa shape index (κ2) is 10.6. The number of guanidine groups is 1. The lowest BCUT2D eigenvalue weighted by Crippen LogP contribution is -2.49. The smallest absolute Gasteiger partial charge is 0.277 e. The van der Waals surface area contributed by atoms with Crippen LogP contribution in [-0.4, -0.2) is 69.8 Å². The summed E-state index contributed by atoms with van der Waals surface area (Å²) in [5.41, 5.74) is 1.36. The largest absolute Gasteiger partial charge is 0.341 e. The molecule has 2 aliphatic heterocycles. The van der Waals surface area contributed by atoms with Crippen molar-refractivity contribution in [2.75, 3.05) is 34.1 Å². The van der Waals surface area contributed by atoms with Gasteiger partial charge < -0.3 is 14.5 Å². The highest BCUT2D eigenvalue weighted by molar-refractivity contribution is 7.15. The molecule has 0 bridgehead atoms. The number of nitro groups is 1. The summed E-state index contributed by atoms with van der Waals surface area (Å²) in [5, 5.41) is 13.2. The van der Waals surface area contributed by atoms with Crippen LogP contribution < -0.4 is 0 Å². The van der Waals surface area contributed by atoms with Gasteiger partial charge in [-0.1, -0.05) is 17.7 Å². The third-order valence-corrected chi connectivity index (χ3v) is 5.89. The van der Waals surface area contributed by atoms with Gasteiger partial charge in [0.25, 0.3) is 5.96 Å². The van der Waals surface area contributed by atoms with Crippen LogP contribution in [0.2, 0.25) is 4.47 Å². The number of aromatic nitrogens is 2. The van der Waals surface area contributed by atoms with E-state index in [1.807, 2.05) is 18.5 Å². The van der Waals surface area contributed by atoms with E-state index in [1.165, 1.54) is 36.3 Å². The van der Waals surface area contributed by atoms with Crippen LogP contribution in [0.15, 0.2) is 35.8 Å². The number of rotatable bonds is 4. The van der Waals surface area contributed by atoms with Gasteiger partial charge in [-0.3, -0.25) is 9.88 Å². The Morgan fingerprint density at radius 2 is 2.23 bits per heavy atom. The van der Waals surface area contributed by atoms with E-state index in [-0.39, 0.29) is 19.4 Å². The van der Waals surface area contributed by atoms with Crippen molar-refractivity contribution in [3.05, 3.63) is 55.7 Å². The minimum absolute atomic E-state index is 0.243. The van der Waals surface area contributed by atoms with Gasteiger partial charge in [0.1, 0.15) is 18.6 Å².